The second-order valence-electron chi connectivity index (χ2n) is 3.29. The minimum absolute atomic E-state index is 0.0881. The molecule has 0 fully saturated rings. The lowest BCUT2D eigenvalue weighted by Gasteiger charge is -2.07. The molecule has 0 radical (unpaired) electrons. The summed E-state index contributed by atoms with van der Waals surface area (Å²) in [6, 6.07) is 8.77. The summed E-state index contributed by atoms with van der Waals surface area (Å²) in [6.07, 6.45) is 1.43. The van der Waals surface area contributed by atoms with Crippen LogP contribution in [0.5, 0.6) is 11.6 Å². The molecule has 0 saturated carbocycles. The summed E-state index contributed by atoms with van der Waals surface area (Å²) in [5, 5.41) is 19.1. The SMILES string of the molecule is N/C(=N/O)c1ccnnc1Oc1cccc(Br)c1. The van der Waals surface area contributed by atoms with Crippen molar-refractivity contribution >= 4 is 21.8 Å². The number of aromatic nitrogens is 2. The maximum atomic E-state index is 8.67. The molecule has 0 aliphatic carbocycles. The molecule has 0 aliphatic rings. The number of halogens is 1. The number of amidine groups is 1. The number of ether oxygens (including phenoxy) is 1. The Morgan fingerprint density at radius 3 is 2.94 bits per heavy atom. The maximum Gasteiger partial charge on any atom is 0.250 e. The monoisotopic (exact) mass is 308 g/mol. The highest BCUT2D eigenvalue weighted by atomic mass is 79.9. The lowest BCUT2D eigenvalue weighted by molar-refractivity contribution is 0.318. The molecule has 2 aromatic rings. The third-order valence-electron chi connectivity index (χ3n) is 2.08. The van der Waals surface area contributed by atoms with Crippen LogP contribution in [0.3, 0.4) is 0 Å². The van der Waals surface area contributed by atoms with Gasteiger partial charge in [-0.05, 0) is 24.3 Å². The van der Waals surface area contributed by atoms with Gasteiger partial charge in [0, 0.05) is 4.47 Å². The summed E-state index contributed by atoms with van der Waals surface area (Å²) < 4.78 is 6.41. The van der Waals surface area contributed by atoms with Gasteiger partial charge in [0.2, 0.25) is 5.88 Å². The summed E-state index contributed by atoms with van der Waals surface area (Å²) in [5.41, 5.74) is 5.89. The summed E-state index contributed by atoms with van der Waals surface area (Å²) in [6.45, 7) is 0. The van der Waals surface area contributed by atoms with Crippen LogP contribution in [0.4, 0.5) is 0 Å². The van der Waals surface area contributed by atoms with E-state index in [0.717, 1.165) is 4.47 Å². The van der Waals surface area contributed by atoms with E-state index in [0.29, 0.717) is 11.3 Å². The van der Waals surface area contributed by atoms with Gasteiger partial charge in [-0.25, -0.2) is 0 Å². The fraction of sp³-hybridized carbons (Fsp3) is 0. The van der Waals surface area contributed by atoms with Gasteiger partial charge in [0.25, 0.3) is 0 Å². The molecule has 1 aromatic heterocycles. The van der Waals surface area contributed by atoms with Crippen LogP contribution in [-0.4, -0.2) is 21.2 Å². The largest absolute Gasteiger partial charge is 0.437 e. The molecule has 7 heteroatoms. The van der Waals surface area contributed by atoms with Crippen molar-refractivity contribution in [3.8, 4) is 11.6 Å². The van der Waals surface area contributed by atoms with Gasteiger partial charge in [-0.3, -0.25) is 0 Å². The van der Waals surface area contributed by atoms with E-state index in [1.165, 1.54) is 6.20 Å². The van der Waals surface area contributed by atoms with E-state index in [4.69, 9.17) is 15.7 Å². The van der Waals surface area contributed by atoms with Gasteiger partial charge < -0.3 is 15.7 Å². The fourth-order valence-corrected chi connectivity index (χ4v) is 1.66. The standard InChI is InChI=1S/C11H9BrN4O2/c12-7-2-1-3-8(6-7)18-11-9(10(13)16-17)4-5-14-15-11/h1-6,17H,(H2,13,16). The van der Waals surface area contributed by atoms with E-state index >= 15 is 0 Å². The molecule has 0 unspecified atom stereocenters. The highest BCUT2D eigenvalue weighted by Crippen LogP contribution is 2.24. The Balaban J connectivity index is 2.35. The van der Waals surface area contributed by atoms with Crippen LogP contribution >= 0.6 is 15.9 Å². The van der Waals surface area contributed by atoms with Gasteiger partial charge in [0.05, 0.1) is 11.8 Å². The van der Waals surface area contributed by atoms with Gasteiger partial charge >= 0.3 is 0 Å². The Kier molecular flexibility index (Phi) is 3.73. The summed E-state index contributed by atoms with van der Waals surface area (Å²) >= 11 is 3.33. The molecule has 18 heavy (non-hydrogen) atoms. The molecule has 0 atom stereocenters. The number of rotatable bonds is 3. The molecule has 92 valence electrons. The van der Waals surface area contributed by atoms with Crippen molar-refractivity contribution in [1.29, 1.82) is 0 Å². The van der Waals surface area contributed by atoms with Crippen molar-refractivity contribution in [2.45, 2.75) is 0 Å². The van der Waals surface area contributed by atoms with Crippen LogP contribution in [0.25, 0.3) is 0 Å². The van der Waals surface area contributed by atoms with E-state index in [-0.39, 0.29) is 11.7 Å². The number of nitrogens with two attached hydrogens (primary N) is 1. The number of oxime groups is 1. The molecule has 0 amide bonds. The number of nitrogens with zero attached hydrogens (tertiary/aromatic N) is 3. The van der Waals surface area contributed by atoms with E-state index in [9.17, 15) is 0 Å². The predicted molar refractivity (Wildman–Crippen MR) is 68.8 cm³/mol. The zero-order valence-corrected chi connectivity index (χ0v) is 10.7. The lowest BCUT2D eigenvalue weighted by atomic mass is 10.3. The van der Waals surface area contributed by atoms with Crippen molar-refractivity contribution in [3.05, 3.63) is 46.6 Å². The highest BCUT2D eigenvalue weighted by molar-refractivity contribution is 9.10. The second-order valence-corrected chi connectivity index (χ2v) is 4.21. The number of hydrogen-bond donors (Lipinski definition) is 2. The third kappa shape index (κ3) is 2.75. The van der Waals surface area contributed by atoms with Crippen LogP contribution < -0.4 is 10.5 Å². The first-order valence-corrected chi connectivity index (χ1v) is 5.73. The molecule has 0 bridgehead atoms. The van der Waals surface area contributed by atoms with Crippen LogP contribution in [0.2, 0.25) is 0 Å². The average molecular weight is 309 g/mol. The first-order chi connectivity index (χ1) is 8.70. The molecule has 0 spiro atoms. The first-order valence-electron chi connectivity index (χ1n) is 4.93. The van der Waals surface area contributed by atoms with Crippen LogP contribution in [-0.2, 0) is 0 Å². The number of benzene rings is 1. The zero-order valence-electron chi connectivity index (χ0n) is 9.12. The molecule has 2 rings (SSSR count). The molecule has 1 heterocycles. The molecule has 1 aromatic carbocycles. The van der Waals surface area contributed by atoms with Gasteiger partial charge in [0.15, 0.2) is 5.84 Å². The van der Waals surface area contributed by atoms with E-state index in [2.05, 4.69) is 31.3 Å². The Labute approximate surface area is 111 Å². The summed E-state index contributed by atoms with van der Waals surface area (Å²) in [4.78, 5) is 0. The van der Waals surface area contributed by atoms with Crippen LogP contribution in [0, 0.1) is 0 Å². The predicted octanol–water partition coefficient (Wildman–Crippen LogP) is 2.13. The maximum absolute atomic E-state index is 8.67. The fourth-order valence-electron chi connectivity index (χ4n) is 1.29. The van der Waals surface area contributed by atoms with E-state index in [1.54, 1.807) is 18.2 Å². The van der Waals surface area contributed by atoms with E-state index in [1.807, 2.05) is 12.1 Å². The van der Waals surface area contributed by atoms with Crippen molar-refractivity contribution in [1.82, 2.24) is 10.2 Å². The Hall–Kier alpha value is -2.15. The van der Waals surface area contributed by atoms with Crippen molar-refractivity contribution in [2.24, 2.45) is 10.9 Å². The van der Waals surface area contributed by atoms with E-state index < -0.39 is 0 Å². The first kappa shape index (κ1) is 12.3. The van der Waals surface area contributed by atoms with Gasteiger partial charge in [-0.1, -0.05) is 27.2 Å². The highest BCUT2D eigenvalue weighted by Gasteiger charge is 2.11. The van der Waals surface area contributed by atoms with Gasteiger partial charge in [0.1, 0.15) is 5.75 Å². The minimum Gasteiger partial charge on any atom is -0.437 e. The van der Waals surface area contributed by atoms with Crippen molar-refractivity contribution in [2.75, 3.05) is 0 Å². The minimum atomic E-state index is -0.0881. The Morgan fingerprint density at radius 1 is 1.39 bits per heavy atom. The molecule has 0 aliphatic heterocycles. The molecular formula is C11H9BrN4O2. The van der Waals surface area contributed by atoms with Crippen molar-refractivity contribution < 1.29 is 9.94 Å². The molecule has 3 N–H and O–H groups in total. The van der Waals surface area contributed by atoms with Crippen LogP contribution in [0.1, 0.15) is 5.56 Å². The molecule has 0 saturated heterocycles. The average Bonchev–Trinajstić information content (AvgIpc) is 2.38. The van der Waals surface area contributed by atoms with Gasteiger partial charge in [-0.2, -0.15) is 5.10 Å². The Morgan fingerprint density at radius 2 is 2.22 bits per heavy atom. The molecular weight excluding hydrogens is 300 g/mol. The summed E-state index contributed by atoms with van der Waals surface area (Å²) in [7, 11) is 0. The summed E-state index contributed by atoms with van der Waals surface area (Å²) in [5.74, 6) is 0.651. The second kappa shape index (κ2) is 5.46. The zero-order chi connectivity index (χ0) is 13.0. The van der Waals surface area contributed by atoms with Crippen molar-refractivity contribution in [3.63, 3.8) is 0 Å². The third-order valence-corrected chi connectivity index (χ3v) is 2.57. The lowest BCUT2D eigenvalue weighted by Crippen LogP contribution is -2.15. The number of hydrogen-bond acceptors (Lipinski definition) is 5. The normalized spacial score (nSPS) is 11.3. The Bertz CT molecular complexity index is 589. The van der Waals surface area contributed by atoms with Crippen LogP contribution in [0.15, 0.2) is 46.2 Å². The van der Waals surface area contributed by atoms with Gasteiger partial charge in [-0.15, -0.1) is 5.10 Å². The molecule has 6 nitrogen and oxygen atoms in total. The quantitative estimate of drug-likeness (QED) is 0.392. The smallest absolute Gasteiger partial charge is 0.250 e. The topological polar surface area (TPSA) is 93.6 Å².